The van der Waals surface area contributed by atoms with Gasteiger partial charge in [0.1, 0.15) is 32.5 Å². The van der Waals surface area contributed by atoms with Gasteiger partial charge in [0.2, 0.25) is 0 Å². The van der Waals surface area contributed by atoms with E-state index < -0.39 is 111 Å². The van der Waals surface area contributed by atoms with E-state index >= 15 is 0 Å². The maximum atomic E-state index is 13.2. The van der Waals surface area contributed by atoms with Gasteiger partial charge in [-0.05, 0) is 91.0 Å². The molecule has 0 heterocycles. The number of nitrogens with one attached hydrogen (secondary N) is 1. The third-order valence-corrected chi connectivity index (χ3v) is 15.3. The van der Waals surface area contributed by atoms with E-state index in [1.807, 2.05) is 0 Å². The first-order chi connectivity index (χ1) is 33.4. The van der Waals surface area contributed by atoms with Crippen molar-refractivity contribution in [3.8, 4) is 5.75 Å². The second-order valence-electron chi connectivity index (χ2n) is 13.6. The van der Waals surface area contributed by atoms with E-state index in [2.05, 4.69) is 54.2 Å². The number of fused-ring (bicyclic) bond motifs is 1. The summed E-state index contributed by atoms with van der Waals surface area (Å²) >= 11 is 6.19. The molecule has 0 aromatic heterocycles. The molecule has 0 aliphatic rings. The SMILES string of the molecule is Nc1cc(N)c(/N=N/c2ccc(NS(=O)(=O)c3ccc(/N=N/c4cc(S(=O)(=O)O)c5cc(SOOO)c(/N=N/c6ccc(S(=O)(=O)CCOSOOO)cc6S(=O)(=O)O)c(O)c5c4N)cc3)cc2)cc1Cl. The number of benzene rings is 6. The number of nitrogens with two attached hydrogens (primary N) is 3. The number of nitrogens with zero attached hydrogens (tertiary/aromatic N) is 6. The standard InChI is InChI=1S/C36H31ClN10O18S6/c37-24-15-28(26(39)16-25(24)38)44-41-18-1-3-20(4-2-18)47-69(53,54)21-7-5-19(6-8-21)42-45-29-17-31(70(55,56)57)23-14-30(66-64-62-49)35(36(48)33(23)34(29)40)46-43-27-10-9-22(13-32(27)71(58,59)60)68(51,52)12-11-61-67-65-63-50/h1-10,13-17,47-50H,11-12,38-40H2,(H,55,56,57)(H,58,59,60)/b44-41+,45-42+,46-43+. The van der Waals surface area contributed by atoms with Gasteiger partial charge in [0.15, 0.2) is 27.9 Å². The number of nitrogen functional groups attached to an aromatic ring is 3. The van der Waals surface area contributed by atoms with Crippen LogP contribution in [0.5, 0.6) is 5.75 Å². The van der Waals surface area contributed by atoms with Crippen molar-refractivity contribution < 1.29 is 81.3 Å². The van der Waals surface area contributed by atoms with Gasteiger partial charge in [-0.3, -0.25) is 18.0 Å². The van der Waals surface area contributed by atoms with Crippen molar-refractivity contribution >= 4 is 144 Å². The van der Waals surface area contributed by atoms with Gasteiger partial charge in [0.25, 0.3) is 30.3 Å². The molecular formula is C36H31ClN10O18S6. The molecule has 0 atom stereocenters. The molecule has 0 bridgehead atoms. The Kier molecular flexibility index (Phi) is 17.1. The predicted octanol–water partition coefficient (Wildman–Crippen LogP) is 8.69. The summed E-state index contributed by atoms with van der Waals surface area (Å²) in [5.74, 6) is -1.80. The van der Waals surface area contributed by atoms with Crippen LogP contribution in [0.4, 0.5) is 56.9 Å². The van der Waals surface area contributed by atoms with Gasteiger partial charge in [-0.2, -0.15) is 27.1 Å². The zero-order valence-electron chi connectivity index (χ0n) is 34.9. The second kappa shape index (κ2) is 22.5. The first-order valence-electron chi connectivity index (χ1n) is 18.6. The average molecular weight is 1120 g/mol. The van der Waals surface area contributed by atoms with Crippen molar-refractivity contribution in [2.45, 2.75) is 24.5 Å². The highest BCUT2D eigenvalue weighted by molar-refractivity contribution is 7.94. The van der Waals surface area contributed by atoms with Gasteiger partial charge >= 0.3 is 0 Å². The molecule has 0 radical (unpaired) electrons. The van der Waals surface area contributed by atoms with Crippen molar-refractivity contribution in [3.63, 3.8) is 0 Å². The number of azo groups is 3. The lowest BCUT2D eigenvalue weighted by molar-refractivity contribution is -0.434. The number of phenolic OH excluding ortho intramolecular Hbond substituents is 1. The minimum atomic E-state index is -5.27. The number of hydrogen-bond donors (Lipinski definition) is 9. The first-order valence-corrected chi connectivity index (χ1v) is 26.4. The van der Waals surface area contributed by atoms with E-state index in [1.54, 1.807) is 0 Å². The molecule has 0 amide bonds. The molecule has 28 nitrogen and oxygen atoms in total. The highest BCUT2D eigenvalue weighted by Gasteiger charge is 2.27. The minimum absolute atomic E-state index is 0.00949. The van der Waals surface area contributed by atoms with Crippen LogP contribution in [0.3, 0.4) is 0 Å². The van der Waals surface area contributed by atoms with Crippen LogP contribution in [0.15, 0.2) is 146 Å². The minimum Gasteiger partial charge on any atom is -0.505 e. The summed E-state index contributed by atoms with van der Waals surface area (Å²) in [7, 11) is -19.0. The number of hydrogen-bond acceptors (Lipinski definition) is 27. The van der Waals surface area contributed by atoms with Gasteiger partial charge in [-0.1, -0.05) is 21.7 Å². The highest BCUT2D eigenvalue weighted by atomic mass is 35.5. The lowest BCUT2D eigenvalue weighted by Crippen LogP contribution is -2.12. The van der Waals surface area contributed by atoms with Crippen LogP contribution in [0.1, 0.15) is 0 Å². The van der Waals surface area contributed by atoms with Crippen LogP contribution < -0.4 is 21.9 Å². The van der Waals surface area contributed by atoms with Crippen LogP contribution >= 0.6 is 36.0 Å². The van der Waals surface area contributed by atoms with Crippen molar-refractivity contribution in [1.29, 1.82) is 0 Å². The molecule has 12 N–H and O–H groups in total. The largest absolute Gasteiger partial charge is 0.505 e. The van der Waals surface area contributed by atoms with Crippen molar-refractivity contribution in [2.75, 3.05) is 34.3 Å². The topological polar surface area (TPSA) is 448 Å². The summed E-state index contributed by atoms with van der Waals surface area (Å²) in [5.41, 5.74) is 16.8. The van der Waals surface area contributed by atoms with Gasteiger partial charge < -0.3 is 22.3 Å². The van der Waals surface area contributed by atoms with E-state index in [1.165, 1.54) is 48.5 Å². The van der Waals surface area contributed by atoms with Gasteiger partial charge in [-0.25, -0.2) is 27.4 Å². The fourth-order valence-corrected chi connectivity index (χ4v) is 10.4. The zero-order valence-corrected chi connectivity index (χ0v) is 40.5. The van der Waals surface area contributed by atoms with Gasteiger partial charge in [0.05, 0.1) is 77.9 Å². The smallest absolute Gasteiger partial charge is 0.296 e. The molecule has 0 fully saturated rings. The number of halogens is 1. The van der Waals surface area contributed by atoms with Gasteiger partial charge in [0, 0.05) is 11.1 Å². The third-order valence-electron chi connectivity index (χ3n) is 9.08. The van der Waals surface area contributed by atoms with E-state index in [0.717, 1.165) is 36.4 Å². The molecule has 0 spiro atoms. The molecule has 0 aliphatic carbocycles. The number of sulfonamides is 1. The maximum absolute atomic E-state index is 13.2. The Morgan fingerprint density at radius 1 is 0.634 bits per heavy atom. The van der Waals surface area contributed by atoms with E-state index in [-0.39, 0.29) is 62.7 Å². The lowest BCUT2D eigenvalue weighted by atomic mass is 10.0. The number of phenols is 1. The summed E-state index contributed by atoms with van der Waals surface area (Å²) < 4.78 is 138. The van der Waals surface area contributed by atoms with Crippen LogP contribution in [0.25, 0.3) is 10.8 Å². The molecule has 35 heteroatoms. The monoisotopic (exact) mass is 1120 g/mol. The average Bonchev–Trinajstić information content (AvgIpc) is 3.30. The molecule has 6 aromatic carbocycles. The Labute approximate surface area is 413 Å². The predicted molar refractivity (Wildman–Crippen MR) is 254 cm³/mol. The Bertz CT molecular complexity index is 3560. The highest BCUT2D eigenvalue weighted by Crippen LogP contribution is 2.50. The Hall–Kier alpha value is -6.19. The quantitative estimate of drug-likeness (QED) is 0.00618. The Balaban J connectivity index is 1.30. The van der Waals surface area contributed by atoms with E-state index in [4.69, 9.17) is 43.5 Å². The van der Waals surface area contributed by atoms with E-state index in [0.29, 0.717) is 11.8 Å². The fourth-order valence-electron chi connectivity index (χ4n) is 5.83. The molecular weight excluding hydrogens is 1090 g/mol. The molecule has 0 saturated carbocycles. The maximum Gasteiger partial charge on any atom is 0.296 e. The Morgan fingerprint density at radius 2 is 1.23 bits per heavy atom. The molecule has 71 heavy (non-hydrogen) atoms. The summed E-state index contributed by atoms with van der Waals surface area (Å²) in [4.78, 5) is -3.34. The second-order valence-corrected chi connectivity index (χ2v) is 21.9. The molecule has 376 valence electrons. The first kappa shape index (κ1) is 54.1. The number of sulfone groups is 1. The van der Waals surface area contributed by atoms with Crippen molar-refractivity contribution in [3.05, 3.63) is 96.0 Å². The molecule has 0 aliphatic heterocycles. The third kappa shape index (κ3) is 13.4. The molecule has 6 aromatic rings. The summed E-state index contributed by atoms with van der Waals surface area (Å²) in [6, 6.07) is 17.4. The summed E-state index contributed by atoms with van der Waals surface area (Å²) in [6.45, 7) is -0.556. The van der Waals surface area contributed by atoms with Crippen LogP contribution in [-0.4, -0.2) is 70.8 Å². The van der Waals surface area contributed by atoms with Crippen LogP contribution in [-0.2, 0) is 63.0 Å². The lowest BCUT2D eigenvalue weighted by Gasteiger charge is -2.14. The molecule has 0 unspecified atom stereocenters. The summed E-state index contributed by atoms with van der Waals surface area (Å²) in [5, 5.41) is 58.2. The zero-order chi connectivity index (χ0) is 51.9. The molecule has 6 rings (SSSR count). The fraction of sp³-hybridized carbons (Fsp3) is 0.0556. The van der Waals surface area contributed by atoms with Gasteiger partial charge in [-0.15, -0.1) is 29.1 Å². The number of aromatic hydroxyl groups is 1. The van der Waals surface area contributed by atoms with Crippen LogP contribution in [0.2, 0.25) is 5.02 Å². The molecule has 0 saturated heterocycles. The normalized spacial score (nSPS) is 12.7. The van der Waals surface area contributed by atoms with Crippen molar-refractivity contribution in [2.24, 2.45) is 30.7 Å². The van der Waals surface area contributed by atoms with Crippen molar-refractivity contribution in [1.82, 2.24) is 0 Å². The Morgan fingerprint density at radius 3 is 1.85 bits per heavy atom. The number of rotatable bonds is 21. The summed E-state index contributed by atoms with van der Waals surface area (Å²) in [6.07, 6.45) is 0. The van der Waals surface area contributed by atoms with Crippen LogP contribution in [0, 0.1) is 0 Å². The number of anilines is 4. The van der Waals surface area contributed by atoms with E-state index in [9.17, 15) is 47.9 Å².